The molecule has 0 aromatic rings. The van der Waals surface area contributed by atoms with E-state index in [2.05, 4.69) is 36.7 Å². The molecule has 0 bridgehead atoms. The summed E-state index contributed by atoms with van der Waals surface area (Å²) in [5.74, 6) is -0.576. The predicted octanol–water partition coefficient (Wildman–Crippen LogP) is 4.39. The number of hydrogen-bond donors (Lipinski definition) is 3. The van der Waals surface area contributed by atoms with Crippen LogP contribution >= 0.6 is 0 Å². The van der Waals surface area contributed by atoms with Crippen molar-refractivity contribution < 1.29 is 14.4 Å². The van der Waals surface area contributed by atoms with Crippen LogP contribution in [0.1, 0.15) is 104 Å². The van der Waals surface area contributed by atoms with Gasteiger partial charge in [0.1, 0.15) is 6.04 Å². The fourth-order valence-electron chi connectivity index (χ4n) is 3.00. The maximum atomic E-state index is 12.4. The minimum absolute atomic E-state index is 0.0809. The molecule has 0 aliphatic rings. The van der Waals surface area contributed by atoms with Crippen LogP contribution in [0.25, 0.3) is 0 Å². The van der Waals surface area contributed by atoms with Crippen molar-refractivity contribution in [1.82, 2.24) is 16.0 Å². The van der Waals surface area contributed by atoms with Crippen LogP contribution in [-0.4, -0.2) is 36.9 Å². The Morgan fingerprint density at radius 2 is 1.37 bits per heavy atom. The molecule has 6 heteroatoms. The predicted molar refractivity (Wildman–Crippen MR) is 124 cm³/mol. The highest BCUT2D eigenvalue weighted by Crippen LogP contribution is 2.07. The maximum Gasteiger partial charge on any atom is 0.244 e. The van der Waals surface area contributed by atoms with Gasteiger partial charge in [-0.05, 0) is 38.2 Å². The molecular formula is C24H45N3O3. The molecule has 0 aromatic heterocycles. The SMILES string of the molecule is CCCCCCCC/C=C/C(=O)N[C@@H](CCC(=O)NCCCC)C(=O)NCCCC. The van der Waals surface area contributed by atoms with E-state index in [1.54, 1.807) is 0 Å². The quantitative estimate of drug-likeness (QED) is 0.213. The third kappa shape index (κ3) is 17.0. The molecule has 30 heavy (non-hydrogen) atoms. The van der Waals surface area contributed by atoms with E-state index in [1.807, 2.05) is 6.08 Å². The molecule has 174 valence electrons. The van der Waals surface area contributed by atoms with Gasteiger partial charge < -0.3 is 16.0 Å². The van der Waals surface area contributed by atoms with E-state index in [-0.39, 0.29) is 24.1 Å². The first-order valence-corrected chi connectivity index (χ1v) is 12.1. The Labute approximate surface area is 184 Å². The van der Waals surface area contributed by atoms with E-state index in [1.165, 1.54) is 38.2 Å². The van der Waals surface area contributed by atoms with Gasteiger partial charge in [0.25, 0.3) is 0 Å². The molecule has 3 amide bonds. The summed E-state index contributed by atoms with van der Waals surface area (Å²) >= 11 is 0. The van der Waals surface area contributed by atoms with E-state index in [0.717, 1.165) is 38.5 Å². The third-order valence-corrected chi connectivity index (χ3v) is 4.97. The second kappa shape index (κ2) is 20.4. The third-order valence-electron chi connectivity index (χ3n) is 4.97. The number of carbonyl (C=O) groups excluding carboxylic acids is 3. The van der Waals surface area contributed by atoms with Crippen LogP contribution in [-0.2, 0) is 14.4 Å². The minimum atomic E-state index is -0.690. The summed E-state index contributed by atoms with van der Waals surface area (Å²) in [6.07, 6.45) is 15.9. The largest absolute Gasteiger partial charge is 0.356 e. The second-order valence-electron chi connectivity index (χ2n) is 7.91. The zero-order valence-corrected chi connectivity index (χ0v) is 19.6. The lowest BCUT2D eigenvalue weighted by Gasteiger charge is -2.17. The standard InChI is InChI=1S/C24H45N3O3/c1-4-7-10-11-12-13-14-15-16-23(29)27-21(24(30)26-20-9-6-3)17-18-22(28)25-19-8-5-2/h15-16,21H,4-14,17-20H2,1-3H3,(H,25,28)(H,26,30)(H,27,29)/b16-15+/t21-/m0/s1. The minimum Gasteiger partial charge on any atom is -0.356 e. The van der Waals surface area contributed by atoms with Gasteiger partial charge in [0.05, 0.1) is 0 Å². The highest BCUT2D eigenvalue weighted by atomic mass is 16.2. The number of nitrogens with one attached hydrogen (secondary N) is 3. The number of carbonyl (C=O) groups is 3. The first kappa shape index (κ1) is 28.1. The summed E-state index contributed by atoms with van der Waals surface area (Å²) in [7, 11) is 0. The molecule has 0 aromatic carbocycles. The van der Waals surface area contributed by atoms with E-state index in [9.17, 15) is 14.4 Å². The van der Waals surface area contributed by atoms with Crippen LogP contribution in [0.5, 0.6) is 0 Å². The van der Waals surface area contributed by atoms with Gasteiger partial charge in [-0.2, -0.15) is 0 Å². The Kier molecular flexibility index (Phi) is 19.2. The lowest BCUT2D eigenvalue weighted by atomic mass is 10.1. The van der Waals surface area contributed by atoms with Crippen LogP contribution in [0, 0.1) is 0 Å². The zero-order chi connectivity index (χ0) is 22.5. The molecule has 0 rings (SSSR count). The first-order chi connectivity index (χ1) is 14.5. The van der Waals surface area contributed by atoms with E-state index in [4.69, 9.17) is 0 Å². The van der Waals surface area contributed by atoms with Gasteiger partial charge in [-0.25, -0.2) is 0 Å². The number of unbranched alkanes of at least 4 members (excludes halogenated alkanes) is 8. The maximum absolute atomic E-state index is 12.4. The molecule has 0 radical (unpaired) electrons. The number of amides is 3. The molecule has 0 spiro atoms. The van der Waals surface area contributed by atoms with Crippen molar-refractivity contribution in [2.24, 2.45) is 0 Å². The Balaban J connectivity index is 4.41. The molecule has 0 fully saturated rings. The Bertz CT molecular complexity index is 492. The lowest BCUT2D eigenvalue weighted by Crippen LogP contribution is -2.47. The molecule has 0 saturated carbocycles. The highest BCUT2D eigenvalue weighted by molar-refractivity contribution is 5.93. The van der Waals surface area contributed by atoms with Crippen molar-refractivity contribution in [3.8, 4) is 0 Å². The summed E-state index contributed by atoms with van der Waals surface area (Å²) in [5, 5.41) is 8.48. The number of hydrogen-bond acceptors (Lipinski definition) is 3. The van der Waals surface area contributed by atoms with Gasteiger partial charge in [0.15, 0.2) is 0 Å². The van der Waals surface area contributed by atoms with Gasteiger partial charge in [-0.1, -0.05) is 71.8 Å². The van der Waals surface area contributed by atoms with E-state index in [0.29, 0.717) is 19.5 Å². The van der Waals surface area contributed by atoms with Crippen molar-refractivity contribution in [2.45, 2.75) is 110 Å². The zero-order valence-electron chi connectivity index (χ0n) is 19.6. The Morgan fingerprint density at radius 1 is 0.767 bits per heavy atom. The van der Waals surface area contributed by atoms with E-state index < -0.39 is 6.04 Å². The van der Waals surface area contributed by atoms with Crippen LogP contribution < -0.4 is 16.0 Å². The van der Waals surface area contributed by atoms with Crippen LogP contribution in [0.15, 0.2) is 12.2 Å². The van der Waals surface area contributed by atoms with Crippen molar-refractivity contribution in [3.63, 3.8) is 0 Å². The average molecular weight is 424 g/mol. The van der Waals surface area contributed by atoms with Gasteiger partial charge >= 0.3 is 0 Å². The highest BCUT2D eigenvalue weighted by Gasteiger charge is 2.20. The average Bonchev–Trinajstić information content (AvgIpc) is 2.73. The van der Waals surface area contributed by atoms with Crippen molar-refractivity contribution >= 4 is 17.7 Å². The van der Waals surface area contributed by atoms with Crippen LogP contribution in [0.4, 0.5) is 0 Å². The summed E-state index contributed by atoms with van der Waals surface area (Å²) in [4.78, 5) is 36.6. The monoisotopic (exact) mass is 423 g/mol. The summed E-state index contributed by atoms with van der Waals surface area (Å²) in [5.41, 5.74) is 0. The molecule has 3 N–H and O–H groups in total. The smallest absolute Gasteiger partial charge is 0.244 e. The first-order valence-electron chi connectivity index (χ1n) is 12.1. The fourth-order valence-corrected chi connectivity index (χ4v) is 3.00. The van der Waals surface area contributed by atoms with Crippen LogP contribution in [0.2, 0.25) is 0 Å². The molecule has 6 nitrogen and oxygen atoms in total. The molecule has 0 aliphatic carbocycles. The van der Waals surface area contributed by atoms with Gasteiger partial charge in [-0.15, -0.1) is 0 Å². The second-order valence-corrected chi connectivity index (χ2v) is 7.91. The fraction of sp³-hybridized carbons (Fsp3) is 0.792. The lowest BCUT2D eigenvalue weighted by molar-refractivity contribution is -0.128. The summed E-state index contributed by atoms with van der Waals surface area (Å²) in [6.45, 7) is 7.56. The summed E-state index contributed by atoms with van der Waals surface area (Å²) < 4.78 is 0. The van der Waals surface area contributed by atoms with Gasteiger partial charge in [0, 0.05) is 19.5 Å². The molecule has 0 aliphatic heterocycles. The van der Waals surface area contributed by atoms with Gasteiger partial charge in [-0.3, -0.25) is 14.4 Å². The van der Waals surface area contributed by atoms with Crippen molar-refractivity contribution in [3.05, 3.63) is 12.2 Å². The normalized spacial score (nSPS) is 12.0. The molecule has 0 saturated heterocycles. The van der Waals surface area contributed by atoms with Gasteiger partial charge in [0.2, 0.25) is 17.7 Å². The van der Waals surface area contributed by atoms with Crippen molar-refractivity contribution in [2.75, 3.05) is 13.1 Å². The summed E-state index contributed by atoms with van der Waals surface area (Å²) in [6, 6.07) is -0.690. The van der Waals surface area contributed by atoms with E-state index >= 15 is 0 Å². The molecule has 0 unspecified atom stereocenters. The Hall–Kier alpha value is -1.85. The molecular weight excluding hydrogens is 378 g/mol. The molecule has 0 heterocycles. The number of rotatable bonds is 19. The number of allylic oxidation sites excluding steroid dienone is 1. The molecule has 1 atom stereocenters. The van der Waals surface area contributed by atoms with Crippen molar-refractivity contribution in [1.29, 1.82) is 0 Å². The Morgan fingerprint density at radius 3 is 2.03 bits per heavy atom. The van der Waals surface area contributed by atoms with Crippen LogP contribution in [0.3, 0.4) is 0 Å². The topological polar surface area (TPSA) is 87.3 Å².